The van der Waals surface area contributed by atoms with Gasteiger partial charge in [0.15, 0.2) is 5.60 Å². The summed E-state index contributed by atoms with van der Waals surface area (Å²) in [6.07, 6.45) is 0. The smallest absolute Gasteiger partial charge is 0.242 e. The first-order valence-corrected chi connectivity index (χ1v) is 16.0. The highest BCUT2D eigenvalue weighted by Crippen LogP contribution is 2.47. The molecule has 1 N–H and O–H groups in total. The van der Waals surface area contributed by atoms with Crippen molar-refractivity contribution in [2.75, 3.05) is 0 Å². The van der Waals surface area contributed by atoms with Gasteiger partial charge < -0.3 is 9.53 Å². The van der Waals surface area contributed by atoms with Crippen LogP contribution in [0.3, 0.4) is 0 Å². The zero-order valence-corrected chi connectivity index (χ0v) is 22.9. The van der Waals surface area contributed by atoms with E-state index in [0.717, 1.165) is 32.2 Å². The first-order chi connectivity index (χ1) is 14.1. The van der Waals surface area contributed by atoms with Crippen LogP contribution in [0.5, 0.6) is 5.75 Å². The van der Waals surface area contributed by atoms with E-state index >= 15 is 0 Å². The fraction of sp³-hybridized carbons (Fsp3) is 0.462. The quantitative estimate of drug-likeness (QED) is 0.382. The van der Waals surface area contributed by atoms with Gasteiger partial charge in [0.25, 0.3) is 0 Å². The van der Waals surface area contributed by atoms with Crippen LogP contribution >= 0.6 is 22.7 Å². The van der Waals surface area contributed by atoms with E-state index in [0.29, 0.717) is 0 Å². The van der Waals surface area contributed by atoms with Crippen LogP contribution in [0, 0.1) is 0 Å². The minimum atomic E-state index is -1.85. The Hall–Kier alpha value is -1.40. The molecule has 3 aromatic rings. The molecule has 0 aliphatic heterocycles. The molecule has 0 saturated carbocycles. The Balaban J connectivity index is 2.41. The molecule has 0 bridgehead atoms. The first-order valence-electron chi connectivity index (χ1n) is 10.8. The lowest BCUT2D eigenvalue weighted by Crippen LogP contribution is -2.34. The van der Waals surface area contributed by atoms with Gasteiger partial charge in [-0.05, 0) is 82.2 Å². The number of thiophene rings is 2. The Morgan fingerprint density at radius 1 is 0.774 bits per heavy atom. The van der Waals surface area contributed by atoms with Crippen LogP contribution in [0.25, 0.3) is 0 Å². The SMILES string of the molecule is CC(C)(C)c1cc(C(O)(c2cccs2)c2cccs2)cc(C(C)(C)C)c1O[Si](C)(C)C. The van der Waals surface area contributed by atoms with Crippen molar-refractivity contribution in [2.24, 2.45) is 0 Å². The average Bonchev–Trinajstić information content (AvgIpc) is 3.32. The van der Waals surface area contributed by atoms with Gasteiger partial charge in [-0.3, -0.25) is 0 Å². The molecule has 31 heavy (non-hydrogen) atoms. The molecule has 0 radical (unpaired) electrons. The third-order valence-corrected chi connectivity index (χ3v) is 8.06. The van der Waals surface area contributed by atoms with E-state index in [4.69, 9.17) is 4.43 Å². The standard InChI is InChI=1S/C26H36O2S2Si/c1-24(2,3)19-16-18(17-20(25(4,5)6)23(19)28-31(7,8)9)26(27,21-12-10-14-29-21)22-13-11-15-30-22/h10-17,27H,1-9H3. The van der Waals surface area contributed by atoms with Crippen LogP contribution < -0.4 is 4.43 Å². The molecule has 0 aliphatic rings. The lowest BCUT2D eigenvalue weighted by Gasteiger charge is -2.36. The number of hydrogen-bond acceptors (Lipinski definition) is 4. The normalized spacial score (nSPS) is 13.5. The minimum Gasteiger partial charge on any atom is -0.544 e. The first kappa shape index (κ1) is 24.2. The second-order valence-electron chi connectivity index (χ2n) is 11.3. The van der Waals surface area contributed by atoms with Crippen LogP contribution in [0.4, 0.5) is 0 Å². The maximum absolute atomic E-state index is 12.3. The molecule has 168 valence electrons. The van der Waals surface area contributed by atoms with Gasteiger partial charge >= 0.3 is 0 Å². The van der Waals surface area contributed by atoms with Gasteiger partial charge in [-0.15, -0.1) is 22.7 Å². The molecule has 2 aromatic heterocycles. The molecule has 1 aromatic carbocycles. The molecule has 0 atom stereocenters. The van der Waals surface area contributed by atoms with Gasteiger partial charge in [0.2, 0.25) is 8.32 Å². The molecule has 0 fully saturated rings. The molecule has 0 saturated heterocycles. The molecule has 3 rings (SSSR count). The molecular formula is C26H36O2S2Si. The molecule has 5 heteroatoms. The van der Waals surface area contributed by atoms with Crippen molar-refractivity contribution in [3.8, 4) is 5.75 Å². The molecule has 2 nitrogen and oxygen atoms in total. The summed E-state index contributed by atoms with van der Waals surface area (Å²) >= 11 is 3.19. The fourth-order valence-electron chi connectivity index (χ4n) is 3.74. The van der Waals surface area contributed by atoms with E-state index in [9.17, 15) is 5.11 Å². The number of rotatable bonds is 5. The Morgan fingerprint density at radius 2 is 1.19 bits per heavy atom. The third-order valence-electron chi connectivity index (χ3n) is 5.29. The predicted octanol–water partition coefficient (Wildman–Crippen LogP) is 7.90. The summed E-state index contributed by atoms with van der Waals surface area (Å²) in [7, 11) is -1.85. The molecule has 2 heterocycles. The summed E-state index contributed by atoms with van der Waals surface area (Å²) in [4.78, 5) is 1.88. The van der Waals surface area contributed by atoms with Crippen molar-refractivity contribution < 1.29 is 9.53 Å². The second kappa shape index (κ2) is 8.18. The van der Waals surface area contributed by atoms with Crippen molar-refractivity contribution in [1.82, 2.24) is 0 Å². The van der Waals surface area contributed by atoms with E-state index in [-0.39, 0.29) is 10.8 Å². The van der Waals surface area contributed by atoms with Crippen molar-refractivity contribution in [1.29, 1.82) is 0 Å². The fourth-order valence-corrected chi connectivity index (χ4v) is 6.36. The molecule has 0 amide bonds. The summed E-state index contributed by atoms with van der Waals surface area (Å²) < 4.78 is 6.73. The minimum absolute atomic E-state index is 0.128. The van der Waals surface area contributed by atoms with Gasteiger partial charge in [0.1, 0.15) is 5.75 Å². The van der Waals surface area contributed by atoms with Gasteiger partial charge in [-0.25, -0.2) is 0 Å². The second-order valence-corrected chi connectivity index (χ2v) is 17.6. The van der Waals surface area contributed by atoms with Gasteiger partial charge in [0.05, 0.1) is 0 Å². The van der Waals surface area contributed by atoms with Crippen LogP contribution in [-0.4, -0.2) is 13.4 Å². The van der Waals surface area contributed by atoms with Gasteiger partial charge in [-0.2, -0.15) is 0 Å². The van der Waals surface area contributed by atoms with E-state index in [2.05, 4.69) is 73.3 Å². The zero-order chi connectivity index (χ0) is 23.2. The summed E-state index contributed by atoms with van der Waals surface area (Å²) in [6.45, 7) is 20.1. The average molecular weight is 473 g/mol. The molecule has 0 aliphatic carbocycles. The maximum Gasteiger partial charge on any atom is 0.242 e. The highest BCUT2D eigenvalue weighted by Gasteiger charge is 2.39. The highest BCUT2D eigenvalue weighted by atomic mass is 32.1. The molecule has 0 unspecified atom stereocenters. The topological polar surface area (TPSA) is 29.5 Å². The van der Waals surface area contributed by atoms with E-state index < -0.39 is 13.9 Å². The number of aliphatic hydroxyl groups is 1. The monoisotopic (exact) mass is 472 g/mol. The largest absolute Gasteiger partial charge is 0.544 e. The van der Waals surface area contributed by atoms with Crippen LogP contribution in [0.2, 0.25) is 19.6 Å². The van der Waals surface area contributed by atoms with Crippen molar-refractivity contribution in [3.05, 3.63) is 73.6 Å². The number of hydrogen-bond donors (Lipinski definition) is 1. The van der Waals surface area contributed by atoms with Crippen molar-refractivity contribution in [3.63, 3.8) is 0 Å². The van der Waals surface area contributed by atoms with Crippen LogP contribution in [0.1, 0.15) is 68.0 Å². The number of benzene rings is 1. The summed E-state index contributed by atoms with van der Waals surface area (Å²) in [6, 6.07) is 12.5. The van der Waals surface area contributed by atoms with Gasteiger partial charge in [-0.1, -0.05) is 53.7 Å². The maximum atomic E-state index is 12.3. The lowest BCUT2D eigenvalue weighted by molar-refractivity contribution is 0.133. The van der Waals surface area contributed by atoms with Crippen LogP contribution in [0.15, 0.2) is 47.2 Å². The summed E-state index contributed by atoms with van der Waals surface area (Å²) in [5.74, 6) is 1.00. The third kappa shape index (κ3) is 5.00. The van der Waals surface area contributed by atoms with Crippen LogP contribution in [-0.2, 0) is 16.4 Å². The molecule has 0 spiro atoms. The van der Waals surface area contributed by atoms with Crippen molar-refractivity contribution in [2.45, 2.75) is 77.6 Å². The highest BCUT2D eigenvalue weighted by molar-refractivity contribution is 7.11. The van der Waals surface area contributed by atoms with E-state index in [1.807, 2.05) is 35.0 Å². The Kier molecular flexibility index (Phi) is 6.40. The summed E-state index contributed by atoms with van der Waals surface area (Å²) in [5.41, 5.74) is 1.79. The molecular weight excluding hydrogens is 437 g/mol. The zero-order valence-electron chi connectivity index (χ0n) is 20.3. The lowest BCUT2D eigenvalue weighted by atomic mass is 9.76. The Morgan fingerprint density at radius 3 is 1.48 bits per heavy atom. The Bertz CT molecular complexity index is 946. The predicted molar refractivity (Wildman–Crippen MR) is 139 cm³/mol. The van der Waals surface area contributed by atoms with Crippen molar-refractivity contribution >= 4 is 31.0 Å². The Labute approximate surface area is 197 Å². The van der Waals surface area contributed by atoms with E-state index in [1.165, 1.54) is 0 Å². The van der Waals surface area contributed by atoms with Gasteiger partial charge in [0, 0.05) is 9.75 Å². The summed E-state index contributed by atoms with van der Waals surface area (Å²) in [5, 5.41) is 16.4. The van der Waals surface area contributed by atoms with E-state index in [1.54, 1.807) is 22.7 Å².